The summed E-state index contributed by atoms with van der Waals surface area (Å²) < 4.78 is 11.7. The third kappa shape index (κ3) is 6.25. The van der Waals surface area contributed by atoms with Crippen molar-refractivity contribution in [2.24, 2.45) is 0 Å². The lowest BCUT2D eigenvalue weighted by Crippen LogP contribution is -2.00. The van der Waals surface area contributed by atoms with Gasteiger partial charge in [-0.15, -0.1) is 5.10 Å². The second kappa shape index (κ2) is 11.4. The van der Waals surface area contributed by atoms with E-state index in [0.717, 1.165) is 22.3 Å². The first-order chi connectivity index (χ1) is 15.6. The molecule has 32 heavy (non-hydrogen) atoms. The number of carbonyl (C=O) groups excluding carboxylic acids is 2. The molecule has 1 heterocycles. The highest BCUT2D eigenvalue weighted by Gasteiger charge is 2.13. The number of carbonyl (C=O) groups is 2. The van der Waals surface area contributed by atoms with Gasteiger partial charge in [0.15, 0.2) is 0 Å². The minimum Gasteiger partial charge on any atom is -0.463 e. The molecule has 0 unspecified atom stereocenters. The van der Waals surface area contributed by atoms with Gasteiger partial charge in [0.1, 0.15) is 5.69 Å². The number of hydrogen-bond acceptors (Lipinski definition) is 6. The van der Waals surface area contributed by atoms with Crippen molar-refractivity contribution in [3.8, 4) is 11.3 Å². The van der Waals surface area contributed by atoms with Crippen LogP contribution in [0.4, 0.5) is 0 Å². The molecule has 1 aromatic heterocycles. The minimum atomic E-state index is -0.432. The van der Waals surface area contributed by atoms with Gasteiger partial charge in [-0.3, -0.25) is 0 Å². The van der Waals surface area contributed by atoms with Crippen molar-refractivity contribution in [3.05, 3.63) is 83.6 Å². The molecular formula is C25H25N3O4. The quantitative estimate of drug-likeness (QED) is 0.374. The number of esters is 2. The lowest BCUT2D eigenvalue weighted by Gasteiger charge is -2.08. The highest BCUT2D eigenvalue weighted by molar-refractivity contribution is 5.92. The van der Waals surface area contributed by atoms with E-state index in [1.807, 2.05) is 54.7 Å². The summed E-state index contributed by atoms with van der Waals surface area (Å²) in [5, 5.41) is 8.60. The molecule has 0 N–H and O–H groups in total. The maximum atomic E-state index is 11.8. The van der Waals surface area contributed by atoms with Crippen LogP contribution >= 0.6 is 0 Å². The van der Waals surface area contributed by atoms with Crippen LogP contribution in [0.25, 0.3) is 23.4 Å². The standard InChI is InChI=1S/C25H25N3O4/c1-3-31-23(29)15-13-20-11-8-12-21(14-16-24(30)32-4-2)25(20)22-18-28(27-26-22)17-19-9-6-5-7-10-19/h5-16,18H,3-4,17H2,1-2H3/b15-13+,16-14+. The number of nitrogens with zero attached hydrogens (tertiary/aromatic N) is 3. The summed E-state index contributed by atoms with van der Waals surface area (Å²) in [6, 6.07) is 15.5. The highest BCUT2D eigenvalue weighted by Crippen LogP contribution is 2.28. The molecule has 0 aliphatic rings. The topological polar surface area (TPSA) is 83.3 Å². The van der Waals surface area contributed by atoms with Crippen LogP contribution in [-0.4, -0.2) is 40.1 Å². The van der Waals surface area contributed by atoms with Crippen LogP contribution in [-0.2, 0) is 25.6 Å². The molecule has 0 aliphatic carbocycles. The molecule has 0 aliphatic heterocycles. The monoisotopic (exact) mass is 431 g/mol. The second-order valence-electron chi connectivity index (χ2n) is 6.77. The van der Waals surface area contributed by atoms with Crippen LogP contribution in [0, 0.1) is 0 Å². The SMILES string of the molecule is CCOC(=O)/C=C/c1cccc(/C=C/C(=O)OCC)c1-c1cn(Cc2ccccc2)nn1. The Kier molecular flexibility index (Phi) is 8.09. The number of aromatic nitrogens is 3. The van der Waals surface area contributed by atoms with Crippen LogP contribution in [0.5, 0.6) is 0 Å². The van der Waals surface area contributed by atoms with Crippen molar-refractivity contribution in [2.45, 2.75) is 20.4 Å². The van der Waals surface area contributed by atoms with Crippen LogP contribution in [0.1, 0.15) is 30.5 Å². The first-order valence-electron chi connectivity index (χ1n) is 10.4. The first kappa shape index (κ1) is 22.7. The molecule has 7 heteroatoms. The van der Waals surface area contributed by atoms with E-state index in [1.165, 1.54) is 12.2 Å². The number of benzene rings is 2. The van der Waals surface area contributed by atoms with E-state index in [1.54, 1.807) is 30.7 Å². The van der Waals surface area contributed by atoms with E-state index in [9.17, 15) is 9.59 Å². The fraction of sp³-hybridized carbons (Fsp3) is 0.200. The van der Waals surface area contributed by atoms with E-state index >= 15 is 0 Å². The van der Waals surface area contributed by atoms with Gasteiger partial charge in [-0.25, -0.2) is 14.3 Å². The van der Waals surface area contributed by atoms with E-state index in [-0.39, 0.29) is 0 Å². The lowest BCUT2D eigenvalue weighted by atomic mass is 9.97. The summed E-state index contributed by atoms with van der Waals surface area (Å²) in [5.41, 5.74) is 3.95. The fourth-order valence-corrected chi connectivity index (χ4v) is 3.12. The molecular weight excluding hydrogens is 406 g/mol. The van der Waals surface area contributed by atoms with Crippen LogP contribution in [0.2, 0.25) is 0 Å². The summed E-state index contributed by atoms with van der Waals surface area (Å²) in [6.45, 7) is 4.67. The molecule has 0 radical (unpaired) electrons. The largest absolute Gasteiger partial charge is 0.463 e. The summed E-state index contributed by atoms with van der Waals surface area (Å²) >= 11 is 0. The molecule has 164 valence electrons. The second-order valence-corrected chi connectivity index (χ2v) is 6.77. The van der Waals surface area contributed by atoms with E-state index < -0.39 is 11.9 Å². The lowest BCUT2D eigenvalue weighted by molar-refractivity contribution is -0.138. The Morgan fingerprint density at radius 3 is 2.03 bits per heavy atom. The average Bonchev–Trinajstić information content (AvgIpc) is 3.25. The van der Waals surface area contributed by atoms with Crippen molar-refractivity contribution in [3.63, 3.8) is 0 Å². The zero-order chi connectivity index (χ0) is 22.8. The summed E-state index contributed by atoms with van der Waals surface area (Å²) in [6.07, 6.45) is 7.92. The Bertz CT molecular complexity index is 1070. The molecule has 3 rings (SSSR count). The van der Waals surface area contributed by atoms with Crippen LogP contribution in [0.15, 0.2) is 66.9 Å². The van der Waals surface area contributed by atoms with Gasteiger partial charge in [0.25, 0.3) is 0 Å². The predicted octanol–water partition coefficient (Wildman–Crippen LogP) is 4.15. The van der Waals surface area contributed by atoms with Gasteiger partial charge in [-0.2, -0.15) is 0 Å². The molecule has 0 spiro atoms. The van der Waals surface area contributed by atoms with Gasteiger partial charge in [0.05, 0.1) is 26.0 Å². The molecule has 0 saturated carbocycles. The van der Waals surface area contributed by atoms with Gasteiger partial charge < -0.3 is 9.47 Å². The maximum Gasteiger partial charge on any atom is 0.330 e. The van der Waals surface area contributed by atoms with Crippen molar-refractivity contribution in [1.29, 1.82) is 0 Å². The molecule has 0 fully saturated rings. The molecule has 2 aromatic carbocycles. The number of ether oxygens (including phenoxy) is 2. The Morgan fingerprint density at radius 1 is 0.875 bits per heavy atom. The zero-order valence-corrected chi connectivity index (χ0v) is 18.1. The predicted molar refractivity (Wildman–Crippen MR) is 122 cm³/mol. The highest BCUT2D eigenvalue weighted by atomic mass is 16.5. The Labute approximate surface area is 187 Å². The normalized spacial score (nSPS) is 11.2. The van der Waals surface area contributed by atoms with Gasteiger partial charge >= 0.3 is 11.9 Å². The van der Waals surface area contributed by atoms with Gasteiger partial charge in [0.2, 0.25) is 0 Å². The molecule has 3 aromatic rings. The minimum absolute atomic E-state index is 0.298. The zero-order valence-electron chi connectivity index (χ0n) is 18.1. The third-order valence-corrected chi connectivity index (χ3v) is 4.48. The van der Waals surface area contributed by atoms with Gasteiger partial charge in [-0.1, -0.05) is 53.7 Å². The van der Waals surface area contributed by atoms with Gasteiger partial charge in [-0.05, 0) is 42.7 Å². The van der Waals surface area contributed by atoms with Gasteiger partial charge in [0, 0.05) is 17.7 Å². The van der Waals surface area contributed by atoms with E-state index in [0.29, 0.717) is 25.5 Å². The Hall–Kier alpha value is -4.00. The summed E-state index contributed by atoms with van der Waals surface area (Å²) in [5.74, 6) is -0.864. The van der Waals surface area contributed by atoms with Crippen LogP contribution < -0.4 is 0 Å². The van der Waals surface area contributed by atoms with E-state index in [4.69, 9.17) is 9.47 Å². The average molecular weight is 431 g/mol. The molecule has 0 saturated heterocycles. The number of rotatable bonds is 9. The molecule has 0 atom stereocenters. The maximum absolute atomic E-state index is 11.8. The first-order valence-corrected chi connectivity index (χ1v) is 10.4. The third-order valence-electron chi connectivity index (χ3n) is 4.48. The smallest absolute Gasteiger partial charge is 0.330 e. The molecule has 7 nitrogen and oxygen atoms in total. The Morgan fingerprint density at radius 2 is 1.47 bits per heavy atom. The molecule has 0 bridgehead atoms. The van der Waals surface area contributed by atoms with Crippen molar-refractivity contribution in [2.75, 3.05) is 13.2 Å². The number of hydrogen-bond donors (Lipinski definition) is 0. The Balaban J connectivity index is 1.98. The van der Waals surface area contributed by atoms with Crippen molar-refractivity contribution in [1.82, 2.24) is 15.0 Å². The molecule has 0 amide bonds. The van der Waals surface area contributed by atoms with Crippen molar-refractivity contribution < 1.29 is 19.1 Å². The van der Waals surface area contributed by atoms with Crippen molar-refractivity contribution >= 4 is 24.1 Å². The van der Waals surface area contributed by atoms with Crippen LogP contribution in [0.3, 0.4) is 0 Å². The van der Waals surface area contributed by atoms with E-state index in [2.05, 4.69) is 10.3 Å². The fourth-order valence-electron chi connectivity index (χ4n) is 3.12. The summed E-state index contributed by atoms with van der Waals surface area (Å²) in [7, 11) is 0. The summed E-state index contributed by atoms with van der Waals surface area (Å²) in [4.78, 5) is 23.7.